The van der Waals surface area contributed by atoms with E-state index in [1.165, 1.54) is 60.7 Å². The second kappa shape index (κ2) is 14.1. The number of aromatic nitrogens is 1. The minimum absolute atomic E-state index is 0.194. The molecule has 0 aliphatic heterocycles. The normalized spacial score (nSPS) is 11.3. The number of aryl methyl sites for hydroxylation is 7. The molecule has 0 saturated heterocycles. The monoisotopic (exact) mass is 625 g/mol. The van der Waals surface area contributed by atoms with Gasteiger partial charge in [-0.3, -0.25) is 0 Å². The van der Waals surface area contributed by atoms with Gasteiger partial charge >= 0.3 is 5.51 Å². The number of fused-ring (bicyclic) bond motifs is 1. The molecule has 0 unspecified atom stereocenters. The summed E-state index contributed by atoms with van der Waals surface area (Å²) in [6, 6.07) is 20.4. The molecule has 0 bridgehead atoms. The number of nitrogens with zero attached hydrogens (tertiary/aromatic N) is 1. The van der Waals surface area contributed by atoms with Crippen LogP contribution in [-0.2, 0) is 17.2 Å². The van der Waals surface area contributed by atoms with Crippen LogP contribution in [0.2, 0.25) is 0 Å². The lowest BCUT2D eigenvalue weighted by Crippen LogP contribution is -2.57. The van der Waals surface area contributed by atoms with Crippen LogP contribution in [0.15, 0.2) is 60.8 Å². The second-order valence-electron chi connectivity index (χ2n) is 9.96. The molecule has 0 fully saturated rings. The van der Waals surface area contributed by atoms with Crippen LogP contribution in [0.25, 0.3) is 10.9 Å². The van der Waals surface area contributed by atoms with Gasteiger partial charge in [-0.2, -0.15) is 13.2 Å². The molecule has 4 aromatic rings. The molecule has 4 nitrogen and oxygen atoms in total. The molecule has 1 aromatic heterocycles. The molecule has 0 aliphatic carbocycles. The van der Waals surface area contributed by atoms with Gasteiger partial charge in [-0.25, -0.2) is 13.0 Å². The third kappa shape index (κ3) is 8.47. The second-order valence-corrected chi connectivity index (χ2v) is 12.1. The Morgan fingerprint density at radius 3 is 1.54 bits per heavy atom. The average Bonchev–Trinajstić information content (AvgIpc) is 2.81. The molecule has 41 heavy (non-hydrogen) atoms. The summed E-state index contributed by atoms with van der Waals surface area (Å²) in [5.41, 5.74) is 8.04. The molecule has 1 heterocycles. The average molecular weight is 626 g/mol. The summed E-state index contributed by atoms with van der Waals surface area (Å²) in [4.78, 5) is 0. The number of benzene rings is 3. The highest BCUT2D eigenvalue weighted by Crippen LogP contribution is 2.20. The van der Waals surface area contributed by atoms with Gasteiger partial charge in [0.1, 0.15) is 7.05 Å². The maximum atomic E-state index is 10.7. The van der Waals surface area contributed by atoms with E-state index in [9.17, 15) is 13.2 Å². The Hall–Kier alpha value is -2.59. The first-order valence-electron chi connectivity index (χ1n) is 12.6. The summed E-state index contributed by atoms with van der Waals surface area (Å²) in [6.45, 7) is 13.7. The van der Waals surface area contributed by atoms with E-state index in [4.69, 9.17) is 36.2 Å². The van der Waals surface area contributed by atoms with E-state index in [1.54, 1.807) is 0 Å². The predicted molar refractivity (Wildman–Crippen MR) is 163 cm³/mol. The van der Waals surface area contributed by atoms with Gasteiger partial charge in [0.15, 0.2) is 16.3 Å². The number of pyridine rings is 1. The van der Waals surface area contributed by atoms with Crippen molar-refractivity contribution < 1.29 is 30.7 Å². The molecule has 220 valence electrons. The first-order valence-corrected chi connectivity index (χ1v) is 15.1. The summed E-state index contributed by atoms with van der Waals surface area (Å²) < 4.78 is 61.2. The Balaban J connectivity index is 0.000000457. The van der Waals surface area contributed by atoms with Crippen molar-refractivity contribution in [1.82, 2.24) is 0 Å². The smallest absolute Gasteiger partial charge is 0.485 e. The highest BCUT2D eigenvalue weighted by atomic mass is 35.5. The Morgan fingerprint density at radius 1 is 0.805 bits per heavy atom. The number of hydrogen-bond acceptors (Lipinski definition) is 3. The van der Waals surface area contributed by atoms with Crippen LogP contribution in [0.3, 0.4) is 0 Å². The molecule has 0 amide bonds. The zero-order valence-electron chi connectivity index (χ0n) is 24.0. The van der Waals surface area contributed by atoms with Gasteiger partial charge < -0.3 is 4.55 Å². The minimum Gasteiger partial charge on any atom is -0.741 e. The largest absolute Gasteiger partial charge is 0.741 e. The van der Waals surface area contributed by atoms with E-state index < -0.39 is 15.6 Å². The van der Waals surface area contributed by atoms with E-state index >= 15 is 0 Å². The number of alkyl halides is 5. The Bertz CT molecular complexity index is 1540. The van der Waals surface area contributed by atoms with E-state index in [-0.39, 0.29) is 12.1 Å². The van der Waals surface area contributed by atoms with Crippen molar-refractivity contribution in [3.8, 4) is 0 Å². The fourth-order valence-corrected chi connectivity index (χ4v) is 5.45. The summed E-state index contributed by atoms with van der Waals surface area (Å²) in [7, 11) is -3.93. The van der Waals surface area contributed by atoms with Gasteiger partial charge in [0, 0.05) is 16.9 Å². The Kier molecular flexibility index (Phi) is 11.9. The molecule has 4 rings (SSSR count). The van der Waals surface area contributed by atoms with Gasteiger partial charge in [-0.05, 0) is 53.7 Å². The van der Waals surface area contributed by atoms with Crippen LogP contribution >= 0.6 is 23.2 Å². The van der Waals surface area contributed by atoms with Gasteiger partial charge in [0.25, 0.3) is 6.71 Å². The highest BCUT2D eigenvalue weighted by molar-refractivity contribution is 7.86. The molecule has 0 spiro atoms. The topological polar surface area (TPSA) is 61.1 Å². The van der Waals surface area contributed by atoms with Crippen LogP contribution in [0, 0.1) is 41.5 Å². The number of para-hydroxylation sites is 1. The van der Waals surface area contributed by atoms with Crippen molar-refractivity contribution in [2.45, 2.75) is 47.1 Å². The first-order chi connectivity index (χ1) is 18.9. The third-order valence-corrected chi connectivity index (χ3v) is 7.25. The lowest BCUT2D eigenvalue weighted by atomic mass is 9.34. The van der Waals surface area contributed by atoms with Gasteiger partial charge in [-0.15, -0.1) is 23.2 Å². The summed E-state index contributed by atoms with van der Waals surface area (Å²) in [6.07, 6.45) is 2.16. The van der Waals surface area contributed by atoms with Crippen LogP contribution in [0.1, 0.15) is 33.4 Å². The zero-order valence-corrected chi connectivity index (χ0v) is 26.4. The van der Waals surface area contributed by atoms with Crippen LogP contribution in [0.5, 0.6) is 0 Å². The van der Waals surface area contributed by atoms with Crippen LogP contribution in [0.4, 0.5) is 13.2 Å². The maximum absolute atomic E-state index is 10.7. The van der Waals surface area contributed by atoms with Crippen molar-refractivity contribution >= 4 is 67.3 Å². The first kappa shape index (κ1) is 34.6. The SMILES string of the molecule is Cc1cc(C)c(B(c2c(C)cc(C)cc2C)c2cccc3ccc[n+](C)c23)c(C)c1.ClCCl.O=S(=O)([O-])C(F)(F)F. The summed E-state index contributed by atoms with van der Waals surface area (Å²) in [5, 5.41) is 1.48. The number of rotatable bonds is 3. The standard InChI is InChI=1S/C28H31BN.CH2Cl2.CHF3O3S/c1-18-14-20(3)26(21(4)15-18)29(27-22(5)16-19(2)17-23(27)6)25-12-8-10-24-11-9-13-30(7)28(24)25;2-1-3;2-1(3,4)8(5,6)7/h8-17H,1-7H3;1H2;(H,5,6,7)/q+1;;/p-1. The third-order valence-electron chi connectivity index (χ3n) is 6.68. The molecular weight excluding hydrogens is 593 g/mol. The minimum atomic E-state index is -6.09. The predicted octanol–water partition coefficient (Wildman–Crippen LogP) is 5.50. The zero-order chi connectivity index (χ0) is 31.3. The molecule has 0 aliphatic rings. The molecule has 0 N–H and O–H groups in total. The van der Waals surface area contributed by atoms with Crippen molar-refractivity contribution in [3.05, 3.63) is 94.2 Å². The molecular formula is C30H33BCl2F3NO3S. The van der Waals surface area contributed by atoms with E-state index in [1.807, 2.05) is 0 Å². The molecule has 0 saturated carbocycles. The fourth-order valence-electron chi connectivity index (χ4n) is 5.45. The maximum Gasteiger partial charge on any atom is 0.485 e. The Morgan fingerprint density at radius 2 is 1.17 bits per heavy atom. The van der Waals surface area contributed by atoms with Crippen molar-refractivity contribution in [2.24, 2.45) is 7.05 Å². The van der Waals surface area contributed by atoms with E-state index in [0.29, 0.717) is 0 Å². The molecule has 3 aromatic carbocycles. The summed E-state index contributed by atoms with van der Waals surface area (Å²) in [5.74, 6) is 0. The highest BCUT2D eigenvalue weighted by Gasteiger charge is 2.37. The summed E-state index contributed by atoms with van der Waals surface area (Å²) >= 11 is 9.53. The van der Waals surface area contributed by atoms with Crippen LogP contribution < -0.4 is 21.0 Å². The fraction of sp³-hybridized carbons (Fsp3) is 0.300. The lowest BCUT2D eigenvalue weighted by molar-refractivity contribution is -0.644. The van der Waals surface area contributed by atoms with Crippen molar-refractivity contribution in [1.29, 1.82) is 0 Å². The van der Waals surface area contributed by atoms with Gasteiger partial charge in [0.2, 0.25) is 5.52 Å². The Labute approximate surface area is 251 Å². The molecule has 0 radical (unpaired) electrons. The van der Waals surface area contributed by atoms with Crippen molar-refractivity contribution in [3.63, 3.8) is 0 Å². The lowest BCUT2D eigenvalue weighted by Gasteiger charge is -2.24. The van der Waals surface area contributed by atoms with Gasteiger partial charge in [-0.1, -0.05) is 80.7 Å². The molecule has 11 heteroatoms. The van der Waals surface area contributed by atoms with Gasteiger partial charge in [0.05, 0.1) is 5.34 Å². The van der Waals surface area contributed by atoms with Crippen LogP contribution in [-0.4, -0.2) is 30.5 Å². The number of hydrogen-bond donors (Lipinski definition) is 0. The van der Waals surface area contributed by atoms with E-state index in [2.05, 4.69) is 114 Å². The quantitative estimate of drug-likeness (QED) is 0.0993. The van der Waals surface area contributed by atoms with E-state index in [0.717, 1.165) is 0 Å². The van der Waals surface area contributed by atoms with Crippen molar-refractivity contribution in [2.75, 3.05) is 5.34 Å². The molecule has 0 atom stereocenters. The number of halogens is 5.